The summed E-state index contributed by atoms with van der Waals surface area (Å²) in [5.74, 6) is 0.903. The molecule has 4 heteroatoms. The van der Waals surface area contributed by atoms with E-state index in [4.69, 9.17) is 4.74 Å². The second-order valence-corrected chi connectivity index (χ2v) is 4.66. The summed E-state index contributed by atoms with van der Waals surface area (Å²) in [6.45, 7) is 0. The molecule has 0 atom stereocenters. The molecule has 0 aliphatic rings. The summed E-state index contributed by atoms with van der Waals surface area (Å²) in [5, 5.41) is 3.45. The SMILES string of the molecule is COc1ccc2c(-c3ccncc3)csc2c1.Cl. The van der Waals surface area contributed by atoms with Gasteiger partial charge in [-0.05, 0) is 41.3 Å². The van der Waals surface area contributed by atoms with Gasteiger partial charge in [0.2, 0.25) is 0 Å². The van der Waals surface area contributed by atoms with Gasteiger partial charge in [0, 0.05) is 28.0 Å². The van der Waals surface area contributed by atoms with E-state index in [1.807, 2.05) is 30.6 Å². The molecule has 0 radical (unpaired) electrons. The number of ether oxygens (including phenoxy) is 1. The highest BCUT2D eigenvalue weighted by molar-refractivity contribution is 7.17. The lowest BCUT2D eigenvalue weighted by molar-refractivity contribution is 0.415. The number of thiophene rings is 1. The first-order valence-electron chi connectivity index (χ1n) is 5.34. The first-order valence-corrected chi connectivity index (χ1v) is 6.22. The molecule has 0 aliphatic heterocycles. The van der Waals surface area contributed by atoms with Crippen molar-refractivity contribution in [2.75, 3.05) is 7.11 Å². The fourth-order valence-electron chi connectivity index (χ4n) is 1.89. The van der Waals surface area contributed by atoms with Crippen molar-refractivity contribution in [3.63, 3.8) is 0 Å². The summed E-state index contributed by atoms with van der Waals surface area (Å²) in [5.41, 5.74) is 2.46. The fraction of sp³-hybridized carbons (Fsp3) is 0.0714. The van der Waals surface area contributed by atoms with Gasteiger partial charge in [-0.3, -0.25) is 4.98 Å². The first-order chi connectivity index (χ1) is 8.38. The van der Waals surface area contributed by atoms with Gasteiger partial charge in [0.1, 0.15) is 5.75 Å². The Balaban J connectivity index is 0.00000120. The molecule has 1 aromatic carbocycles. The molecule has 0 fully saturated rings. The van der Waals surface area contributed by atoms with Crippen LogP contribution in [0, 0.1) is 0 Å². The van der Waals surface area contributed by atoms with Crippen LogP contribution in [0.4, 0.5) is 0 Å². The zero-order valence-electron chi connectivity index (χ0n) is 9.79. The minimum atomic E-state index is 0. The monoisotopic (exact) mass is 277 g/mol. The van der Waals surface area contributed by atoms with E-state index in [0.29, 0.717) is 0 Å². The largest absolute Gasteiger partial charge is 0.497 e. The highest BCUT2D eigenvalue weighted by atomic mass is 35.5. The summed E-state index contributed by atoms with van der Waals surface area (Å²) in [7, 11) is 1.69. The number of rotatable bonds is 2. The third-order valence-electron chi connectivity index (χ3n) is 2.77. The van der Waals surface area contributed by atoms with Crippen molar-refractivity contribution >= 4 is 33.8 Å². The quantitative estimate of drug-likeness (QED) is 0.693. The number of halogens is 1. The molecule has 92 valence electrons. The molecule has 2 nitrogen and oxygen atoms in total. The van der Waals surface area contributed by atoms with Gasteiger partial charge in [0.25, 0.3) is 0 Å². The molecule has 0 N–H and O–H groups in total. The van der Waals surface area contributed by atoms with Gasteiger partial charge >= 0.3 is 0 Å². The van der Waals surface area contributed by atoms with E-state index in [0.717, 1.165) is 5.75 Å². The van der Waals surface area contributed by atoms with Crippen LogP contribution in [0.25, 0.3) is 21.2 Å². The molecular weight excluding hydrogens is 266 g/mol. The Bertz CT molecular complexity index is 651. The Hall–Kier alpha value is -1.58. The highest BCUT2D eigenvalue weighted by Crippen LogP contribution is 2.35. The van der Waals surface area contributed by atoms with Gasteiger partial charge in [-0.1, -0.05) is 0 Å². The number of benzene rings is 1. The zero-order valence-corrected chi connectivity index (χ0v) is 11.4. The summed E-state index contributed by atoms with van der Waals surface area (Å²) in [6.07, 6.45) is 3.64. The lowest BCUT2D eigenvalue weighted by Crippen LogP contribution is -1.81. The third kappa shape index (κ3) is 2.19. The summed E-state index contributed by atoms with van der Waals surface area (Å²) < 4.78 is 6.48. The number of hydrogen-bond donors (Lipinski definition) is 0. The van der Waals surface area contributed by atoms with E-state index in [-0.39, 0.29) is 12.4 Å². The molecule has 3 rings (SSSR count). The normalized spacial score (nSPS) is 10.1. The Morgan fingerprint density at radius 3 is 2.61 bits per heavy atom. The highest BCUT2D eigenvalue weighted by Gasteiger charge is 2.06. The predicted octanol–water partition coefficient (Wildman–Crippen LogP) is 4.39. The van der Waals surface area contributed by atoms with Gasteiger partial charge in [-0.25, -0.2) is 0 Å². The third-order valence-corrected chi connectivity index (χ3v) is 3.72. The van der Waals surface area contributed by atoms with Crippen LogP contribution in [0.2, 0.25) is 0 Å². The van der Waals surface area contributed by atoms with Gasteiger partial charge < -0.3 is 4.74 Å². The smallest absolute Gasteiger partial charge is 0.120 e. The maximum atomic E-state index is 5.23. The van der Waals surface area contributed by atoms with E-state index in [2.05, 4.69) is 22.5 Å². The van der Waals surface area contributed by atoms with Crippen molar-refractivity contribution in [2.24, 2.45) is 0 Å². The van der Waals surface area contributed by atoms with E-state index in [1.54, 1.807) is 18.4 Å². The molecular formula is C14H12ClNOS. The number of pyridine rings is 1. The molecule has 0 saturated heterocycles. The lowest BCUT2D eigenvalue weighted by atomic mass is 10.1. The maximum absolute atomic E-state index is 5.23. The van der Waals surface area contributed by atoms with Crippen LogP contribution in [-0.2, 0) is 0 Å². The summed E-state index contributed by atoms with van der Waals surface area (Å²) in [6, 6.07) is 10.3. The molecule has 3 aromatic rings. The standard InChI is InChI=1S/C14H11NOS.ClH/c1-16-11-2-3-12-13(9-17-14(12)8-11)10-4-6-15-7-5-10;/h2-9H,1H3;1H. The van der Waals surface area contributed by atoms with Crippen LogP contribution in [-0.4, -0.2) is 12.1 Å². The number of nitrogens with zero attached hydrogens (tertiary/aromatic N) is 1. The number of aromatic nitrogens is 1. The van der Waals surface area contributed by atoms with Crippen molar-refractivity contribution in [3.8, 4) is 16.9 Å². The Morgan fingerprint density at radius 1 is 1.11 bits per heavy atom. The van der Waals surface area contributed by atoms with Crippen molar-refractivity contribution in [2.45, 2.75) is 0 Å². The van der Waals surface area contributed by atoms with E-state index in [1.165, 1.54) is 21.2 Å². The molecule has 2 heterocycles. The lowest BCUT2D eigenvalue weighted by Gasteiger charge is -2.01. The number of fused-ring (bicyclic) bond motifs is 1. The van der Waals surface area contributed by atoms with E-state index >= 15 is 0 Å². The van der Waals surface area contributed by atoms with Gasteiger partial charge in [0.15, 0.2) is 0 Å². The average Bonchev–Trinajstić information content (AvgIpc) is 2.82. The van der Waals surface area contributed by atoms with Crippen LogP contribution in [0.1, 0.15) is 0 Å². The van der Waals surface area contributed by atoms with E-state index in [9.17, 15) is 0 Å². The number of hydrogen-bond acceptors (Lipinski definition) is 3. The van der Waals surface area contributed by atoms with Crippen molar-refractivity contribution < 1.29 is 4.74 Å². The van der Waals surface area contributed by atoms with Gasteiger partial charge in [-0.2, -0.15) is 0 Å². The predicted molar refractivity (Wildman–Crippen MR) is 78.9 cm³/mol. The topological polar surface area (TPSA) is 22.1 Å². The second kappa shape index (κ2) is 5.38. The maximum Gasteiger partial charge on any atom is 0.120 e. The van der Waals surface area contributed by atoms with Crippen LogP contribution in [0.5, 0.6) is 5.75 Å². The van der Waals surface area contributed by atoms with Crippen molar-refractivity contribution in [3.05, 3.63) is 48.1 Å². The minimum absolute atomic E-state index is 0. The van der Waals surface area contributed by atoms with Crippen LogP contribution in [0.3, 0.4) is 0 Å². The second-order valence-electron chi connectivity index (χ2n) is 3.75. The van der Waals surface area contributed by atoms with Crippen LogP contribution in [0.15, 0.2) is 48.1 Å². The molecule has 0 saturated carbocycles. The van der Waals surface area contributed by atoms with Crippen molar-refractivity contribution in [1.29, 1.82) is 0 Å². The van der Waals surface area contributed by atoms with Crippen LogP contribution < -0.4 is 4.74 Å². The molecule has 18 heavy (non-hydrogen) atoms. The molecule has 0 unspecified atom stereocenters. The van der Waals surface area contributed by atoms with Crippen LogP contribution >= 0.6 is 23.7 Å². The van der Waals surface area contributed by atoms with Gasteiger partial charge in [-0.15, -0.1) is 23.7 Å². The Kier molecular flexibility index (Phi) is 3.84. The minimum Gasteiger partial charge on any atom is -0.497 e. The zero-order chi connectivity index (χ0) is 11.7. The fourth-order valence-corrected chi connectivity index (χ4v) is 2.89. The Morgan fingerprint density at radius 2 is 1.89 bits per heavy atom. The first kappa shape index (κ1) is 12.9. The molecule has 2 aromatic heterocycles. The summed E-state index contributed by atoms with van der Waals surface area (Å²) in [4.78, 5) is 4.05. The Labute approximate surface area is 116 Å². The van der Waals surface area contributed by atoms with Crippen molar-refractivity contribution in [1.82, 2.24) is 4.98 Å². The molecule has 0 bridgehead atoms. The molecule has 0 amide bonds. The van der Waals surface area contributed by atoms with E-state index < -0.39 is 0 Å². The molecule has 0 aliphatic carbocycles. The molecule has 0 spiro atoms. The summed E-state index contributed by atoms with van der Waals surface area (Å²) >= 11 is 1.74. The van der Waals surface area contributed by atoms with Gasteiger partial charge in [0.05, 0.1) is 7.11 Å². The average molecular weight is 278 g/mol. The number of methoxy groups -OCH3 is 1.